The van der Waals surface area contributed by atoms with Crippen molar-refractivity contribution in [3.8, 4) is 0 Å². The van der Waals surface area contributed by atoms with Crippen LogP contribution in [0, 0.1) is 5.92 Å². The third kappa shape index (κ3) is 8.93. The van der Waals surface area contributed by atoms with E-state index < -0.39 is 0 Å². The van der Waals surface area contributed by atoms with Crippen LogP contribution >= 0.6 is 0 Å². The zero-order chi connectivity index (χ0) is 15.3. The second-order valence-electron chi connectivity index (χ2n) is 6.72. The predicted octanol–water partition coefficient (Wildman–Crippen LogP) is 5.77. The molecule has 0 spiro atoms. The van der Waals surface area contributed by atoms with Gasteiger partial charge in [-0.2, -0.15) is 0 Å². The number of unbranched alkanes of at least 4 members (excludes halogenated alkanes) is 5. The first-order valence-corrected chi connectivity index (χ1v) is 8.99. The van der Waals surface area contributed by atoms with Crippen LogP contribution in [0.1, 0.15) is 77.2 Å². The fourth-order valence-corrected chi connectivity index (χ4v) is 2.83. The van der Waals surface area contributed by atoms with Gasteiger partial charge in [-0.25, -0.2) is 0 Å². The van der Waals surface area contributed by atoms with Crippen molar-refractivity contribution in [2.24, 2.45) is 5.92 Å². The lowest BCUT2D eigenvalue weighted by molar-refractivity contribution is 0.480. The highest BCUT2D eigenvalue weighted by Gasteiger charge is 2.10. The summed E-state index contributed by atoms with van der Waals surface area (Å²) in [6, 6.07) is 11.0. The third-order valence-electron chi connectivity index (χ3n) is 4.12. The molecule has 1 nitrogen and oxygen atoms in total. The fraction of sp³-hybridized carbons (Fsp3) is 0.700. The van der Waals surface area contributed by atoms with E-state index in [4.69, 9.17) is 0 Å². The third-order valence-corrected chi connectivity index (χ3v) is 4.12. The van der Waals surface area contributed by atoms with Gasteiger partial charge in [0.25, 0.3) is 0 Å². The molecule has 0 bridgehead atoms. The van der Waals surface area contributed by atoms with Gasteiger partial charge in [0.15, 0.2) is 0 Å². The summed E-state index contributed by atoms with van der Waals surface area (Å²) in [5.41, 5.74) is 1.50. The molecule has 0 saturated heterocycles. The number of hydrogen-bond acceptors (Lipinski definition) is 1. The summed E-state index contributed by atoms with van der Waals surface area (Å²) in [6.45, 7) is 9.08. The van der Waals surface area contributed by atoms with Gasteiger partial charge in [-0.05, 0) is 30.4 Å². The Morgan fingerprint density at radius 3 is 2.19 bits per heavy atom. The van der Waals surface area contributed by atoms with E-state index in [0.29, 0.717) is 5.92 Å². The van der Waals surface area contributed by atoms with Crippen LogP contribution in [0.3, 0.4) is 0 Å². The monoisotopic (exact) mass is 289 g/mol. The Morgan fingerprint density at radius 1 is 0.857 bits per heavy atom. The smallest absolute Gasteiger partial charge is 0.00202 e. The summed E-state index contributed by atoms with van der Waals surface area (Å²) < 4.78 is 0. The van der Waals surface area contributed by atoms with Gasteiger partial charge >= 0.3 is 0 Å². The van der Waals surface area contributed by atoms with Gasteiger partial charge in [-0.3, -0.25) is 0 Å². The Balaban J connectivity index is 2.34. The van der Waals surface area contributed by atoms with E-state index in [1.165, 1.54) is 50.5 Å². The average Bonchev–Trinajstić information content (AvgIpc) is 2.49. The lowest BCUT2D eigenvalue weighted by atomic mass is 9.92. The Kier molecular flexibility index (Phi) is 10.2. The molecule has 1 aromatic rings. The van der Waals surface area contributed by atoms with Crippen LogP contribution in [0.15, 0.2) is 30.3 Å². The van der Waals surface area contributed by atoms with E-state index in [0.717, 1.165) is 19.0 Å². The summed E-state index contributed by atoms with van der Waals surface area (Å²) in [4.78, 5) is 0. The highest BCUT2D eigenvalue weighted by molar-refractivity contribution is 5.19. The molecule has 0 aliphatic carbocycles. The van der Waals surface area contributed by atoms with Gasteiger partial charge in [0.1, 0.15) is 0 Å². The Labute approximate surface area is 132 Å². The summed E-state index contributed by atoms with van der Waals surface area (Å²) in [6.07, 6.45) is 9.65. The van der Waals surface area contributed by atoms with Crippen LogP contribution in [0.2, 0.25) is 0 Å². The van der Waals surface area contributed by atoms with Gasteiger partial charge in [0, 0.05) is 6.54 Å². The summed E-state index contributed by atoms with van der Waals surface area (Å²) in [5, 5.41) is 3.64. The molecule has 0 aliphatic heterocycles. The minimum atomic E-state index is 0.677. The van der Waals surface area contributed by atoms with E-state index >= 15 is 0 Å². The topological polar surface area (TPSA) is 12.0 Å². The molecule has 1 aromatic carbocycles. The fourth-order valence-electron chi connectivity index (χ4n) is 2.83. The van der Waals surface area contributed by atoms with Crippen molar-refractivity contribution in [2.75, 3.05) is 13.1 Å². The maximum atomic E-state index is 3.64. The second-order valence-corrected chi connectivity index (χ2v) is 6.72. The minimum absolute atomic E-state index is 0.677. The van der Waals surface area contributed by atoms with Crippen molar-refractivity contribution < 1.29 is 0 Å². The van der Waals surface area contributed by atoms with Crippen molar-refractivity contribution in [3.05, 3.63) is 35.9 Å². The van der Waals surface area contributed by atoms with E-state index in [1.807, 2.05) is 0 Å². The molecule has 0 radical (unpaired) electrons. The Hall–Kier alpha value is -0.820. The number of benzene rings is 1. The molecule has 0 saturated carbocycles. The summed E-state index contributed by atoms with van der Waals surface area (Å²) >= 11 is 0. The zero-order valence-corrected chi connectivity index (χ0v) is 14.4. The Bertz CT molecular complexity index is 331. The lowest BCUT2D eigenvalue weighted by Gasteiger charge is -2.19. The molecule has 1 atom stereocenters. The van der Waals surface area contributed by atoms with Crippen molar-refractivity contribution in [2.45, 2.75) is 71.6 Å². The lowest BCUT2D eigenvalue weighted by Crippen LogP contribution is -2.25. The van der Waals surface area contributed by atoms with Crippen molar-refractivity contribution >= 4 is 0 Å². The van der Waals surface area contributed by atoms with E-state index in [2.05, 4.69) is 56.4 Å². The molecule has 1 unspecified atom stereocenters. The molecular weight excluding hydrogens is 254 g/mol. The van der Waals surface area contributed by atoms with Crippen LogP contribution in [0.4, 0.5) is 0 Å². The Morgan fingerprint density at radius 2 is 1.52 bits per heavy atom. The molecule has 0 aromatic heterocycles. The molecule has 120 valence electrons. The first kappa shape index (κ1) is 18.2. The number of rotatable bonds is 12. The SMILES string of the molecule is CCCCCCCCC(CNCC(C)C)c1ccccc1. The molecule has 21 heavy (non-hydrogen) atoms. The van der Waals surface area contributed by atoms with Crippen molar-refractivity contribution in [3.63, 3.8) is 0 Å². The van der Waals surface area contributed by atoms with Crippen LogP contribution in [0.5, 0.6) is 0 Å². The summed E-state index contributed by atoms with van der Waals surface area (Å²) in [7, 11) is 0. The highest BCUT2D eigenvalue weighted by atomic mass is 14.9. The van der Waals surface area contributed by atoms with Crippen LogP contribution in [-0.4, -0.2) is 13.1 Å². The van der Waals surface area contributed by atoms with Gasteiger partial charge in [0.2, 0.25) is 0 Å². The average molecular weight is 290 g/mol. The van der Waals surface area contributed by atoms with E-state index in [1.54, 1.807) is 0 Å². The van der Waals surface area contributed by atoms with Crippen LogP contribution < -0.4 is 5.32 Å². The van der Waals surface area contributed by atoms with Gasteiger partial charge in [-0.1, -0.05) is 89.6 Å². The molecule has 1 rings (SSSR count). The molecule has 0 heterocycles. The maximum absolute atomic E-state index is 3.64. The maximum Gasteiger partial charge on any atom is 0.00202 e. The summed E-state index contributed by atoms with van der Waals surface area (Å²) in [5.74, 6) is 1.41. The van der Waals surface area contributed by atoms with Crippen LogP contribution in [0.25, 0.3) is 0 Å². The molecule has 1 heteroatoms. The molecule has 1 N–H and O–H groups in total. The molecule has 0 aliphatic rings. The van der Waals surface area contributed by atoms with E-state index in [-0.39, 0.29) is 0 Å². The van der Waals surface area contributed by atoms with Gasteiger partial charge in [-0.15, -0.1) is 0 Å². The molecule has 0 amide bonds. The standard InChI is InChI=1S/C20H35N/c1-4-5-6-7-8-10-15-20(17-21-16-18(2)3)19-13-11-9-12-14-19/h9,11-14,18,20-21H,4-8,10,15-17H2,1-3H3. The quantitative estimate of drug-likeness (QED) is 0.482. The molecular formula is C20H35N. The number of nitrogens with one attached hydrogen (secondary N) is 1. The van der Waals surface area contributed by atoms with Crippen molar-refractivity contribution in [1.29, 1.82) is 0 Å². The first-order valence-electron chi connectivity index (χ1n) is 8.99. The van der Waals surface area contributed by atoms with E-state index in [9.17, 15) is 0 Å². The van der Waals surface area contributed by atoms with Crippen molar-refractivity contribution in [1.82, 2.24) is 5.32 Å². The molecule has 0 fully saturated rings. The largest absolute Gasteiger partial charge is 0.316 e. The predicted molar refractivity (Wildman–Crippen MR) is 94.9 cm³/mol. The van der Waals surface area contributed by atoms with Gasteiger partial charge in [0.05, 0.1) is 0 Å². The van der Waals surface area contributed by atoms with Crippen LogP contribution in [-0.2, 0) is 0 Å². The zero-order valence-electron chi connectivity index (χ0n) is 14.4. The second kappa shape index (κ2) is 11.8. The normalized spacial score (nSPS) is 12.8. The highest BCUT2D eigenvalue weighted by Crippen LogP contribution is 2.22. The number of hydrogen-bond donors (Lipinski definition) is 1. The first-order chi connectivity index (χ1) is 10.2. The minimum Gasteiger partial charge on any atom is -0.316 e. The van der Waals surface area contributed by atoms with Gasteiger partial charge < -0.3 is 5.32 Å².